The highest BCUT2D eigenvalue weighted by Gasteiger charge is 2.02. The summed E-state index contributed by atoms with van der Waals surface area (Å²) in [6.45, 7) is 4.12. The van der Waals surface area contributed by atoms with Crippen LogP contribution in [0.1, 0.15) is 19.8 Å². The molecule has 1 aromatic carbocycles. The number of carbonyl (C=O) groups excluding carboxylic acids is 1. The lowest BCUT2D eigenvalue weighted by molar-refractivity contribution is -0.120. The van der Waals surface area contributed by atoms with Gasteiger partial charge < -0.3 is 16.0 Å². The fourth-order valence-corrected chi connectivity index (χ4v) is 2.63. The predicted octanol–water partition coefficient (Wildman–Crippen LogP) is 2.51. The van der Waals surface area contributed by atoms with Crippen molar-refractivity contribution in [3.05, 3.63) is 29.3 Å². The lowest BCUT2D eigenvalue weighted by atomic mass is 10.4. The molecule has 1 rings (SSSR count). The molecule has 7 heteroatoms. The first kappa shape index (κ1) is 19.6. The van der Waals surface area contributed by atoms with Crippen molar-refractivity contribution in [3.8, 4) is 0 Å². The average Bonchev–Trinajstić information content (AvgIpc) is 2.56. The van der Waals surface area contributed by atoms with Crippen LogP contribution < -0.4 is 16.0 Å². The number of carbonyl (C=O) groups is 1. The van der Waals surface area contributed by atoms with E-state index >= 15 is 0 Å². The van der Waals surface area contributed by atoms with E-state index in [1.165, 1.54) is 4.90 Å². The van der Waals surface area contributed by atoms with Crippen molar-refractivity contribution in [2.45, 2.75) is 24.7 Å². The molecule has 5 nitrogen and oxygen atoms in total. The van der Waals surface area contributed by atoms with Crippen LogP contribution in [-0.2, 0) is 4.79 Å². The van der Waals surface area contributed by atoms with Crippen LogP contribution in [0.25, 0.3) is 0 Å². The van der Waals surface area contributed by atoms with E-state index in [0.29, 0.717) is 18.9 Å². The van der Waals surface area contributed by atoms with Crippen molar-refractivity contribution in [1.29, 1.82) is 0 Å². The fourth-order valence-electron chi connectivity index (χ4n) is 1.74. The van der Waals surface area contributed by atoms with Gasteiger partial charge in [-0.1, -0.05) is 18.5 Å². The molecule has 0 spiro atoms. The molecule has 0 unspecified atom stereocenters. The van der Waals surface area contributed by atoms with E-state index in [-0.39, 0.29) is 5.91 Å². The Labute approximate surface area is 147 Å². The molecule has 0 fully saturated rings. The van der Waals surface area contributed by atoms with Crippen LogP contribution in [0.15, 0.2) is 34.2 Å². The van der Waals surface area contributed by atoms with Gasteiger partial charge in [0.2, 0.25) is 5.91 Å². The molecule has 1 aromatic rings. The number of halogens is 1. The topological polar surface area (TPSA) is 65.5 Å². The van der Waals surface area contributed by atoms with Crippen molar-refractivity contribution in [2.75, 3.05) is 32.4 Å². The van der Waals surface area contributed by atoms with E-state index < -0.39 is 0 Å². The zero-order chi connectivity index (χ0) is 16.9. The SMILES string of the molecule is CCCNC(=O)CCNC(=NC)NCCSc1ccc(Cl)cc1. The Balaban J connectivity index is 2.14. The summed E-state index contributed by atoms with van der Waals surface area (Å²) in [6, 6.07) is 7.80. The molecular formula is C16H25ClN4OS. The monoisotopic (exact) mass is 356 g/mol. The third-order valence-electron chi connectivity index (χ3n) is 2.92. The standard InChI is InChI=1S/C16H25ClN4OS/c1-3-9-19-15(22)8-10-20-16(18-2)21-11-12-23-14-6-4-13(17)5-7-14/h4-7H,3,8-12H2,1-2H3,(H,19,22)(H2,18,20,21). The molecule has 3 N–H and O–H groups in total. The van der Waals surface area contributed by atoms with Gasteiger partial charge in [0.1, 0.15) is 0 Å². The molecular weight excluding hydrogens is 332 g/mol. The largest absolute Gasteiger partial charge is 0.356 e. The molecule has 0 aliphatic carbocycles. The second kappa shape index (κ2) is 12.1. The van der Waals surface area contributed by atoms with Crippen molar-refractivity contribution in [3.63, 3.8) is 0 Å². The first-order valence-electron chi connectivity index (χ1n) is 7.75. The molecule has 0 bridgehead atoms. The van der Waals surface area contributed by atoms with E-state index in [4.69, 9.17) is 11.6 Å². The number of nitrogens with zero attached hydrogens (tertiary/aromatic N) is 1. The molecule has 1 amide bonds. The van der Waals surface area contributed by atoms with Crippen LogP contribution >= 0.6 is 23.4 Å². The number of amides is 1. The van der Waals surface area contributed by atoms with Gasteiger partial charge in [0.25, 0.3) is 0 Å². The van der Waals surface area contributed by atoms with Crippen LogP contribution in [-0.4, -0.2) is 44.3 Å². The fraction of sp³-hybridized carbons (Fsp3) is 0.500. The van der Waals surface area contributed by atoms with Gasteiger partial charge in [0, 0.05) is 48.8 Å². The predicted molar refractivity (Wildman–Crippen MR) is 99.5 cm³/mol. The number of aliphatic imine (C=N–C) groups is 1. The molecule has 0 saturated carbocycles. The highest BCUT2D eigenvalue weighted by Crippen LogP contribution is 2.19. The molecule has 0 heterocycles. The Kier molecular flexibility index (Phi) is 10.3. The highest BCUT2D eigenvalue weighted by atomic mass is 35.5. The average molecular weight is 357 g/mol. The van der Waals surface area contributed by atoms with Crippen LogP contribution in [0.3, 0.4) is 0 Å². The summed E-state index contributed by atoms with van der Waals surface area (Å²) in [5.74, 6) is 1.69. The van der Waals surface area contributed by atoms with Gasteiger partial charge >= 0.3 is 0 Å². The first-order chi connectivity index (χ1) is 11.2. The normalized spacial score (nSPS) is 11.2. The lowest BCUT2D eigenvalue weighted by Gasteiger charge is -2.11. The van der Waals surface area contributed by atoms with E-state index in [0.717, 1.165) is 30.3 Å². The Hall–Kier alpha value is -1.40. The summed E-state index contributed by atoms with van der Waals surface area (Å²) in [5.41, 5.74) is 0. The van der Waals surface area contributed by atoms with E-state index in [1.807, 2.05) is 31.2 Å². The van der Waals surface area contributed by atoms with Gasteiger partial charge in [-0.15, -0.1) is 11.8 Å². The number of benzene rings is 1. The summed E-state index contributed by atoms with van der Waals surface area (Å²) in [6.07, 6.45) is 1.40. The third-order valence-corrected chi connectivity index (χ3v) is 4.18. The van der Waals surface area contributed by atoms with Gasteiger partial charge in [0.05, 0.1) is 0 Å². The smallest absolute Gasteiger partial charge is 0.221 e. The van der Waals surface area contributed by atoms with Crippen molar-refractivity contribution in [1.82, 2.24) is 16.0 Å². The molecule has 128 valence electrons. The Morgan fingerprint density at radius 3 is 2.48 bits per heavy atom. The zero-order valence-electron chi connectivity index (χ0n) is 13.7. The quantitative estimate of drug-likeness (QED) is 0.275. The molecule has 0 atom stereocenters. The number of thioether (sulfide) groups is 1. The minimum atomic E-state index is 0.0631. The van der Waals surface area contributed by atoms with Gasteiger partial charge in [0.15, 0.2) is 5.96 Å². The Morgan fingerprint density at radius 1 is 1.13 bits per heavy atom. The lowest BCUT2D eigenvalue weighted by Crippen LogP contribution is -2.40. The molecule has 0 aliphatic rings. The summed E-state index contributed by atoms with van der Waals surface area (Å²) in [5, 5.41) is 9.96. The second-order valence-corrected chi connectivity index (χ2v) is 6.43. The summed E-state index contributed by atoms with van der Waals surface area (Å²) in [4.78, 5) is 16.8. The van der Waals surface area contributed by atoms with Crippen LogP contribution in [0.5, 0.6) is 0 Å². The van der Waals surface area contributed by atoms with E-state index in [9.17, 15) is 4.79 Å². The maximum Gasteiger partial charge on any atom is 0.221 e. The third kappa shape index (κ3) is 9.36. The van der Waals surface area contributed by atoms with Gasteiger partial charge in [-0.05, 0) is 30.7 Å². The van der Waals surface area contributed by atoms with Gasteiger partial charge in [-0.25, -0.2) is 0 Å². The maximum absolute atomic E-state index is 11.5. The van der Waals surface area contributed by atoms with Crippen LogP contribution in [0.2, 0.25) is 5.02 Å². The van der Waals surface area contributed by atoms with Gasteiger partial charge in [-0.2, -0.15) is 0 Å². The Bertz CT molecular complexity index is 493. The number of guanidine groups is 1. The Morgan fingerprint density at radius 2 is 1.83 bits per heavy atom. The molecule has 0 aliphatic heterocycles. The zero-order valence-corrected chi connectivity index (χ0v) is 15.3. The second-order valence-electron chi connectivity index (χ2n) is 4.83. The van der Waals surface area contributed by atoms with Crippen LogP contribution in [0.4, 0.5) is 0 Å². The number of hydrogen-bond acceptors (Lipinski definition) is 3. The van der Waals surface area contributed by atoms with E-state index in [2.05, 4.69) is 20.9 Å². The highest BCUT2D eigenvalue weighted by molar-refractivity contribution is 7.99. The summed E-state index contributed by atoms with van der Waals surface area (Å²) in [7, 11) is 1.72. The van der Waals surface area contributed by atoms with Gasteiger partial charge in [-0.3, -0.25) is 9.79 Å². The molecule has 0 radical (unpaired) electrons. The summed E-state index contributed by atoms with van der Waals surface area (Å²) < 4.78 is 0. The number of hydrogen-bond donors (Lipinski definition) is 3. The molecule has 0 saturated heterocycles. The number of rotatable bonds is 9. The molecule has 23 heavy (non-hydrogen) atoms. The minimum absolute atomic E-state index is 0.0631. The van der Waals surface area contributed by atoms with Crippen LogP contribution in [0, 0.1) is 0 Å². The first-order valence-corrected chi connectivity index (χ1v) is 9.11. The van der Waals surface area contributed by atoms with Crippen molar-refractivity contribution < 1.29 is 4.79 Å². The minimum Gasteiger partial charge on any atom is -0.356 e. The molecule has 0 aromatic heterocycles. The number of nitrogens with one attached hydrogen (secondary N) is 3. The summed E-state index contributed by atoms with van der Waals surface area (Å²) >= 11 is 7.61. The van der Waals surface area contributed by atoms with Crippen molar-refractivity contribution >= 4 is 35.2 Å². The maximum atomic E-state index is 11.5. The van der Waals surface area contributed by atoms with Crippen molar-refractivity contribution in [2.24, 2.45) is 4.99 Å². The van der Waals surface area contributed by atoms with E-state index in [1.54, 1.807) is 18.8 Å².